The van der Waals surface area contributed by atoms with Gasteiger partial charge in [0.15, 0.2) is 0 Å². The van der Waals surface area contributed by atoms with Crippen LogP contribution in [0.5, 0.6) is 0 Å². The zero-order valence-electron chi connectivity index (χ0n) is 17.8. The molecule has 0 saturated heterocycles. The van der Waals surface area contributed by atoms with Crippen molar-refractivity contribution in [2.75, 3.05) is 0 Å². The number of benzene rings is 2. The van der Waals surface area contributed by atoms with Gasteiger partial charge in [0.1, 0.15) is 18.7 Å². The van der Waals surface area contributed by atoms with Gasteiger partial charge in [0.25, 0.3) is 0 Å². The van der Waals surface area contributed by atoms with Gasteiger partial charge in [-0.05, 0) is 35.6 Å². The standard InChI is InChI=1S/C23H26Cl2N2O5/c1-14(2)10-19(27-23(31)32-13-15-6-4-3-5-7-15)21(28)26-20(22(29)30)11-16-8-9-17(24)12-18(16)25/h3-9,12,14,19-20H,10-11,13H2,1-2H3,(H,26,28)(H,27,31)(H,29,30)/t19-,20-/m0/s1. The van der Waals surface area contributed by atoms with E-state index >= 15 is 0 Å². The molecule has 0 aliphatic heterocycles. The number of carbonyl (C=O) groups excluding carboxylic acids is 2. The molecule has 0 aromatic heterocycles. The number of aliphatic carboxylic acids is 1. The van der Waals surface area contributed by atoms with Crippen molar-refractivity contribution in [1.82, 2.24) is 10.6 Å². The molecule has 7 nitrogen and oxygen atoms in total. The zero-order chi connectivity index (χ0) is 23.7. The molecule has 0 aliphatic carbocycles. The molecule has 0 radical (unpaired) electrons. The first-order valence-corrected chi connectivity index (χ1v) is 10.9. The van der Waals surface area contributed by atoms with Gasteiger partial charge in [0.2, 0.25) is 5.91 Å². The molecule has 2 aromatic rings. The molecule has 0 fully saturated rings. The molecule has 0 bridgehead atoms. The average molecular weight is 481 g/mol. The summed E-state index contributed by atoms with van der Waals surface area (Å²) >= 11 is 12.0. The Labute approximate surface area is 197 Å². The Kier molecular flexibility index (Phi) is 9.81. The van der Waals surface area contributed by atoms with E-state index in [1.165, 1.54) is 6.07 Å². The summed E-state index contributed by atoms with van der Waals surface area (Å²) < 4.78 is 5.19. The zero-order valence-corrected chi connectivity index (χ0v) is 19.3. The largest absolute Gasteiger partial charge is 0.480 e. The van der Waals surface area contributed by atoms with Crippen LogP contribution in [0.25, 0.3) is 0 Å². The summed E-state index contributed by atoms with van der Waals surface area (Å²) in [6, 6.07) is 11.6. The SMILES string of the molecule is CC(C)C[C@H](NC(=O)OCc1ccccc1)C(=O)N[C@@H](Cc1ccc(Cl)cc1Cl)C(=O)O. The number of alkyl carbamates (subject to hydrolysis) is 1. The quantitative estimate of drug-likeness (QED) is 0.465. The number of hydrogen-bond donors (Lipinski definition) is 3. The van der Waals surface area contributed by atoms with Crippen LogP contribution in [0.4, 0.5) is 4.79 Å². The summed E-state index contributed by atoms with van der Waals surface area (Å²) in [6.07, 6.45) is -0.494. The molecule has 0 aliphatic rings. The van der Waals surface area contributed by atoms with Crippen molar-refractivity contribution >= 4 is 41.2 Å². The Morgan fingerprint density at radius 3 is 2.28 bits per heavy atom. The Morgan fingerprint density at radius 1 is 1.00 bits per heavy atom. The van der Waals surface area contributed by atoms with E-state index in [0.29, 0.717) is 22.0 Å². The van der Waals surface area contributed by atoms with Gasteiger partial charge in [-0.3, -0.25) is 4.79 Å². The minimum atomic E-state index is -1.24. The number of hydrogen-bond acceptors (Lipinski definition) is 4. The highest BCUT2D eigenvalue weighted by Crippen LogP contribution is 2.22. The third-order valence-electron chi connectivity index (χ3n) is 4.58. The lowest BCUT2D eigenvalue weighted by Gasteiger charge is -2.23. The van der Waals surface area contributed by atoms with Crippen molar-refractivity contribution in [3.8, 4) is 0 Å². The van der Waals surface area contributed by atoms with Gasteiger partial charge < -0.3 is 20.5 Å². The molecular weight excluding hydrogens is 455 g/mol. The summed E-state index contributed by atoms with van der Waals surface area (Å²) in [6.45, 7) is 3.83. The molecule has 0 heterocycles. The number of nitrogens with one attached hydrogen (secondary N) is 2. The van der Waals surface area contributed by atoms with E-state index in [4.69, 9.17) is 27.9 Å². The predicted molar refractivity (Wildman–Crippen MR) is 123 cm³/mol. The lowest BCUT2D eigenvalue weighted by Crippen LogP contribution is -2.52. The average Bonchev–Trinajstić information content (AvgIpc) is 2.73. The number of amides is 2. The highest BCUT2D eigenvalue weighted by Gasteiger charge is 2.28. The number of carbonyl (C=O) groups is 3. The Hall–Kier alpha value is -2.77. The highest BCUT2D eigenvalue weighted by atomic mass is 35.5. The third kappa shape index (κ3) is 8.40. The number of carboxylic acids is 1. The van der Waals surface area contributed by atoms with Gasteiger partial charge in [0, 0.05) is 16.5 Å². The lowest BCUT2D eigenvalue weighted by molar-refractivity contribution is -0.142. The minimum Gasteiger partial charge on any atom is -0.480 e. The van der Waals surface area contributed by atoms with E-state index in [0.717, 1.165) is 5.56 Å². The van der Waals surface area contributed by atoms with Gasteiger partial charge in [-0.1, -0.05) is 73.4 Å². The van der Waals surface area contributed by atoms with E-state index in [1.54, 1.807) is 12.1 Å². The molecule has 2 atom stereocenters. The Balaban J connectivity index is 2.03. The van der Waals surface area contributed by atoms with Gasteiger partial charge >= 0.3 is 12.1 Å². The third-order valence-corrected chi connectivity index (χ3v) is 5.17. The summed E-state index contributed by atoms with van der Waals surface area (Å²) in [5.41, 5.74) is 1.33. The first kappa shape index (κ1) is 25.5. The molecule has 0 unspecified atom stereocenters. The summed E-state index contributed by atoms with van der Waals surface area (Å²) in [5.74, 6) is -1.78. The van der Waals surface area contributed by atoms with Crippen LogP contribution in [0.1, 0.15) is 31.4 Å². The van der Waals surface area contributed by atoms with Crippen molar-refractivity contribution < 1.29 is 24.2 Å². The Bertz CT molecular complexity index is 937. The smallest absolute Gasteiger partial charge is 0.408 e. The fourth-order valence-corrected chi connectivity index (χ4v) is 3.48. The second kappa shape index (κ2) is 12.3. The van der Waals surface area contributed by atoms with E-state index < -0.39 is 30.1 Å². The molecule has 0 spiro atoms. The Morgan fingerprint density at radius 2 is 1.69 bits per heavy atom. The van der Waals surface area contributed by atoms with Crippen LogP contribution in [0, 0.1) is 5.92 Å². The van der Waals surface area contributed by atoms with Gasteiger partial charge in [-0.2, -0.15) is 0 Å². The number of halogens is 2. The van der Waals surface area contributed by atoms with E-state index in [9.17, 15) is 19.5 Å². The second-order valence-corrected chi connectivity index (χ2v) is 8.57. The molecule has 0 saturated carbocycles. The second-order valence-electron chi connectivity index (χ2n) is 7.73. The normalized spacial score (nSPS) is 12.7. The first-order valence-electron chi connectivity index (χ1n) is 10.1. The number of rotatable bonds is 10. The molecule has 3 N–H and O–H groups in total. The summed E-state index contributed by atoms with van der Waals surface area (Å²) in [4.78, 5) is 36.8. The topological polar surface area (TPSA) is 105 Å². The van der Waals surface area contributed by atoms with Crippen LogP contribution in [0.3, 0.4) is 0 Å². The van der Waals surface area contributed by atoms with Crippen LogP contribution in [0.2, 0.25) is 10.0 Å². The molecule has 2 rings (SSSR count). The molecule has 2 aromatic carbocycles. The summed E-state index contributed by atoms with van der Waals surface area (Å²) in [5, 5.41) is 15.3. The van der Waals surface area contributed by atoms with E-state index in [1.807, 2.05) is 44.2 Å². The summed E-state index contributed by atoms with van der Waals surface area (Å²) in [7, 11) is 0. The van der Waals surface area contributed by atoms with Crippen molar-refractivity contribution in [3.63, 3.8) is 0 Å². The van der Waals surface area contributed by atoms with Crippen molar-refractivity contribution in [2.45, 2.75) is 45.4 Å². The maximum Gasteiger partial charge on any atom is 0.408 e. The van der Waals surface area contributed by atoms with Crippen molar-refractivity contribution in [3.05, 3.63) is 69.7 Å². The first-order chi connectivity index (χ1) is 15.2. The molecular formula is C23H26Cl2N2O5. The molecule has 9 heteroatoms. The predicted octanol–water partition coefficient (Wildman–Crippen LogP) is 4.45. The van der Waals surface area contributed by atoms with Gasteiger partial charge in [-0.25, -0.2) is 9.59 Å². The van der Waals surface area contributed by atoms with Crippen LogP contribution in [-0.2, 0) is 27.4 Å². The van der Waals surface area contributed by atoms with Crippen molar-refractivity contribution in [2.24, 2.45) is 5.92 Å². The monoisotopic (exact) mass is 480 g/mol. The fraction of sp³-hybridized carbons (Fsp3) is 0.348. The minimum absolute atomic E-state index is 0.0378. The molecule has 2 amide bonds. The maximum atomic E-state index is 12.8. The van der Waals surface area contributed by atoms with Gasteiger partial charge in [0.05, 0.1) is 0 Å². The number of carboxylic acid groups (broad SMARTS) is 1. The van der Waals surface area contributed by atoms with Crippen LogP contribution in [-0.4, -0.2) is 35.2 Å². The van der Waals surface area contributed by atoms with Crippen LogP contribution in [0.15, 0.2) is 48.5 Å². The lowest BCUT2D eigenvalue weighted by atomic mass is 10.0. The van der Waals surface area contributed by atoms with Crippen molar-refractivity contribution in [1.29, 1.82) is 0 Å². The van der Waals surface area contributed by atoms with Gasteiger partial charge in [-0.15, -0.1) is 0 Å². The maximum absolute atomic E-state index is 12.8. The fourth-order valence-electron chi connectivity index (χ4n) is 2.99. The van der Waals surface area contributed by atoms with E-state index in [-0.39, 0.29) is 18.9 Å². The van der Waals surface area contributed by atoms with Crippen LogP contribution < -0.4 is 10.6 Å². The number of ether oxygens (including phenoxy) is 1. The highest BCUT2D eigenvalue weighted by molar-refractivity contribution is 6.35. The molecule has 172 valence electrons. The van der Waals surface area contributed by atoms with Crippen LogP contribution >= 0.6 is 23.2 Å². The molecule has 32 heavy (non-hydrogen) atoms. The van der Waals surface area contributed by atoms with E-state index in [2.05, 4.69) is 10.6 Å².